The average molecular weight is 492 g/mol. The van der Waals surface area contributed by atoms with E-state index in [0.717, 1.165) is 5.56 Å². The molecule has 0 bridgehead atoms. The maximum Gasteiger partial charge on any atom is 0.337 e. The first-order valence-electron chi connectivity index (χ1n) is 11.2. The smallest absolute Gasteiger partial charge is 0.337 e. The summed E-state index contributed by atoms with van der Waals surface area (Å²) >= 11 is 0. The van der Waals surface area contributed by atoms with Crippen molar-refractivity contribution in [2.24, 2.45) is 0 Å². The SMILES string of the molecule is CCOC(=O)C1=C(C#N)NC(C)=C(C(=O)OCCOCc2ccccc2)C1c1ccccc1[N+](=O)[O-]. The minimum absolute atomic E-state index is 0.00583. The lowest BCUT2D eigenvalue weighted by atomic mass is 9.79. The van der Waals surface area contributed by atoms with E-state index in [0.29, 0.717) is 6.61 Å². The largest absolute Gasteiger partial charge is 0.463 e. The molecule has 186 valence electrons. The molecular weight excluding hydrogens is 466 g/mol. The van der Waals surface area contributed by atoms with Gasteiger partial charge in [-0.1, -0.05) is 48.5 Å². The van der Waals surface area contributed by atoms with E-state index < -0.39 is 22.8 Å². The minimum Gasteiger partial charge on any atom is -0.463 e. The Balaban J connectivity index is 1.91. The van der Waals surface area contributed by atoms with Crippen LogP contribution in [0, 0.1) is 21.4 Å². The highest BCUT2D eigenvalue weighted by atomic mass is 16.6. The van der Waals surface area contributed by atoms with Crippen LogP contribution in [0.2, 0.25) is 0 Å². The second-order valence-electron chi connectivity index (χ2n) is 7.71. The number of nitriles is 1. The Kier molecular flexibility index (Phi) is 8.91. The molecule has 0 saturated heterocycles. The van der Waals surface area contributed by atoms with E-state index in [-0.39, 0.29) is 53.6 Å². The molecule has 1 aliphatic heterocycles. The van der Waals surface area contributed by atoms with Gasteiger partial charge in [-0.3, -0.25) is 10.1 Å². The van der Waals surface area contributed by atoms with Gasteiger partial charge in [0.2, 0.25) is 0 Å². The van der Waals surface area contributed by atoms with Crippen LogP contribution in [0.4, 0.5) is 5.69 Å². The summed E-state index contributed by atoms with van der Waals surface area (Å²) in [5.74, 6) is -2.92. The fourth-order valence-corrected chi connectivity index (χ4v) is 3.86. The quantitative estimate of drug-likeness (QED) is 0.228. The molecule has 0 aromatic heterocycles. The number of ether oxygens (including phenoxy) is 3. The van der Waals surface area contributed by atoms with Crippen molar-refractivity contribution in [2.75, 3.05) is 19.8 Å². The Bertz CT molecular complexity index is 1250. The molecule has 10 nitrogen and oxygen atoms in total. The minimum atomic E-state index is -1.25. The lowest BCUT2D eigenvalue weighted by molar-refractivity contribution is -0.385. The van der Waals surface area contributed by atoms with Crippen molar-refractivity contribution in [2.45, 2.75) is 26.4 Å². The highest BCUT2D eigenvalue weighted by molar-refractivity contribution is 6.00. The summed E-state index contributed by atoms with van der Waals surface area (Å²) in [6.07, 6.45) is 0. The lowest BCUT2D eigenvalue weighted by Crippen LogP contribution is -2.33. The third-order valence-corrected chi connectivity index (χ3v) is 5.41. The monoisotopic (exact) mass is 491 g/mol. The topological polar surface area (TPSA) is 141 Å². The van der Waals surface area contributed by atoms with Gasteiger partial charge in [-0.25, -0.2) is 9.59 Å². The molecule has 0 saturated carbocycles. The second-order valence-corrected chi connectivity index (χ2v) is 7.71. The van der Waals surface area contributed by atoms with Gasteiger partial charge in [-0.2, -0.15) is 5.26 Å². The molecule has 1 aliphatic rings. The van der Waals surface area contributed by atoms with Crippen LogP contribution in [0.1, 0.15) is 30.9 Å². The summed E-state index contributed by atoms with van der Waals surface area (Å²) in [5, 5.41) is 24.2. The van der Waals surface area contributed by atoms with Crippen LogP contribution in [0.3, 0.4) is 0 Å². The number of hydrogen-bond donors (Lipinski definition) is 1. The van der Waals surface area contributed by atoms with Crippen molar-refractivity contribution >= 4 is 17.6 Å². The predicted octanol–water partition coefficient (Wildman–Crippen LogP) is 3.66. The van der Waals surface area contributed by atoms with E-state index >= 15 is 0 Å². The molecule has 0 fully saturated rings. The fraction of sp³-hybridized carbons (Fsp3) is 0.269. The molecule has 1 atom stereocenters. The molecule has 3 rings (SSSR count). The van der Waals surface area contributed by atoms with Crippen LogP contribution in [0.5, 0.6) is 0 Å². The van der Waals surface area contributed by atoms with Gasteiger partial charge in [0, 0.05) is 17.3 Å². The number of rotatable bonds is 10. The molecule has 36 heavy (non-hydrogen) atoms. The van der Waals surface area contributed by atoms with Gasteiger partial charge in [-0.15, -0.1) is 0 Å². The van der Waals surface area contributed by atoms with Crippen LogP contribution >= 0.6 is 0 Å². The fourth-order valence-electron chi connectivity index (χ4n) is 3.86. The van der Waals surface area contributed by atoms with E-state index in [4.69, 9.17) is 14.2 Å². The number of hydrogen-bond acceptors (Lipinski definition) is 9. The van der Waals surface area contributed by atoms with Gasteiger partial charge in [0.15, 0.2) is 0 Å². The maximum absolute atomic E-state index is 13.2. The van der Waals surface area contributed by atoms with Gasteiger partial charge in [0.05, 0.1) is 41.8 Å². The van der Waals surface area contributed by atoms with E-state index in [1.165, 1.54) is 25.1 Å². The van der Waals surface area contributed by atoms with Crippen molar-refractivity contribution < 1.29 is 28.7 Å². The normalized spacial score (nSPS) is 15.1. The number of benzene rings is 2. The lowest BCUT2D eigenvalue weighted by Gasteiger charge is -2.29. The highest BCUT2D eigenvalue weighted by Crippen LogP contribution is 2.42. The third-order valence-electron chi connectivity index (χ3n) is 5.41. The van der Waals surface area contributed by atoms with Gasteiger partial charge in [0.25, 0.3) is 5.69 Å². The summed E-state index contributed by atoms with van der Waals surface area (Å²) in [6, 6.07) is 17.1. The first kappa shape index (κ1) is 26.1. The van der Waals surface area contributed by atoms with Crippen LogP contribution in [-0.4, -0.2) is 36.7 Å². The number of carbonyl (C=O) groups excluding carboxylic acids is 2. The van der Waals surface area contributed by atoms with Crippen LogP contribution in [-0.2, 0) is 30.4 Å². The summed E-state index contributed by atoms with van der Waals surface area (Å²) in [5.41, 5.74) is 0.554. The standard InChI is InChI=1S/C26H25N3O7/c1-3-35-26(31)24-20(15-27)28-17(2)22(23(24)19-11-7-8-12-21(19)29(32)33)25(30)36-14-13-34-16-18-9-5-4-6-10-18/h4-12,23,28H,3,13-14,16H2,1-2H3. The van der Waals surface area contributed by atoms with Gasteiger partial charge >= 0.3 is 11.9 Å². The van der Waals surface area contributed by atoms with Gasteiger partial charge in [-0.05, 0) is 19.4 Å². The summed E-state index contributed by atoms with van der Waals surface area (Å²) in [7, 11) is 0. The number of esters is 2. The zero-order valence-corrected chi connectivity index (χ0v) is 19.9. The average Bonchev–Trinajstić information content (AvgIpc) is 2.88. The first-order valence-corrected chi connectivity index (χ1v) is 11.2. The van der Waals surface area contributed by atoms with E-state index in [2.05, 4.69) is 5.32 Å². The highest BCUT2D eigenvalue weighted by Gasteiger charge is 2.41. The van der Waals surface area contributed by atoms with Crippen molar-refractivity contribution in [1.29, 1.82) is 5.26 Å². The molecule has 0 aliphatic carbocycles. The molecule has 0 amide bonds. The number of nitrogens with one attached hydrogen (secondary N) is 1. The molecule has 2 aromatic rings. The molecule has 0 spiro atoms. The van der Waals surface area contributed by atoms with E-state index in [1.54, 1.807) is 13.0 Å². The molecule has 1 unspecified atom stereocenters. The number of dihydropyridines is 1. The number of allylic oxidation sites excluding steroid dienone is 2. The Hall–Kier alpha value is -4.49. The summed E-state index contributed by atoms with van der Waals surface area (Å²) in [4.78, 5) is 37.3. The molecule has 1 heterocycles. The number of para-hydroxylation sites is 1. The van der Waals surface area contributed by atoms with Gasteiger partial charge in [0.1, 0.15) is 18.4 Å². The van der Waals surface area contributed by atoms with Crippen molar-refractivity contribution in [1.82, 2.24) is 5.32 Å². The van der Waals surface area contributed by atoms with E-state index in [1.807, 2.05) is 36.4 Å². The Labute approximate surface area is 207 Å². The number of nitrogens with zero attached hydrogens (tertiary/aromatic N) is 2. The number of carbonyl (C=O) groups is 2. The van der Waals surface area contributed by atoms with Crippen molar-refractivity contribution in [3.63, 3.8) is 0 Å². The maximum atomic E-state index is 13.2. The zero-order valence-electron chi connectivity index (χ0n) is 19.9. The second kappa shape index (κ2) is 12.3. The third kappa shape index (κ3) is 5.95. The summed E-state index contributed by atoms with van der Waals surface area (Å²) < 4.78 is 16.1. The van der Waals surface area contributed by atoms with Crippen LogP contribution in [0.15, 0.2) is 77.1 Å². The molecule has 2 aromatic carbocycles. The number of nitro groups is 1. The predicted molar refractivity (Wildman–Crippen MR) is 128 cm³/mol. The number of nitro benzene ring substituents is 1. The van der Waals surface area contributed by atoms with Crippen molar-refractivity contribution in [3.05, 3.63) is 98.4 Å². The van der Waals surface area contributed by atoms with Crippen LogP contribution < -0.4 is 5.32 Å². The Morgan fingerprint density at radius 1 is 1.03 bits per heavy atom. The van der Waals surface area contributed by atoms with Gasteiger partial charge < -0.3 is 19.5 Å². The molecular formula is C26H25N3O7. The van der Waals surface area contributed by atoms with Crippen LogP contribution in [0.25, 0.3) is 0 Å². The first-order chi connectivity index (χ1) is 17.4. The summed E-state index contributed by atoms with van der Waals surface area (Å²) in [6.45, 7) is 3.49. The Morgan fingerprint density at radius 3 is 2.36 bits per heavy atom. The molecule has 1 N–H and O–H groups in total. The molecule has 0 radical (unpaired) electrons. The molecule has 10 heteroatoms. The van der Waals surface area contributed by atoms with Crippen molar-refractivity contribution in [3.8, 4) is 6.07 Å². The zero-order chi connectivity index (χ0) is 26.1. The Morgan fingerprint density at radius 2 is 1.69 bits per heavy atom. The van der Waals surface area contributed by atoms with E-state index in [9.17, 15) is 25.0 Å².